The van der Waals surface area contributed by atoms with Crippen molar-refractivity contribution in [2.45, 2.75) is 13.3 Å². The van der Waals surface area contributed by atoms with E-state index in [1.807, 2.05) is 43.3 Å². The number of aryl methyl sites for hydroxylation is 1. The van der Waals surface area contributed by atoms with Crippen molar-refractivity contribution in [3.8, 4) is 5.75 Å². The number of benzene rings is 2. The first-order valence-corrected chi connectivity index (χ1v) is 9.62. The number of hydrogen-bond acceptors (Lipinski definition) is 4. The number of anilines is 1. The molecule has 1 saturated heterocycles. The normalized spacial score (nSPS) is 15.5. The van der Waals surface area contributed by atoms with Gasteiger partial charge in [0.05, 0.1) is 6.61 Å². The average molecular weight is 367 g/mol. The predicted molar refractivity (Wildman–Crippen MR) is 110 cm³/mol. The minimum atomic E-state index is -0.109. The molecule has 2 aromatic carbocycles. The molecular weight excluding hydrogens is 338 g/mol. The van der Waals surface area contributed by atoms with Gasteiger partial charge < -0.3 is 19.9 Å². The molecule has 1 N–H and O–H groups in total. The van der Waals surface area contributed by atoms with E-state index in [0.29, 0.717) is 12.2 Å². The summed E-state index contributed by atoms with van der Waals surface area (Å²) in [5.41, 5.74) is 2.55. The second-order valence-electron chi connectivity index (χ2n) is 7.19. The number of carbonyl (C=O) groups excluding carboxylic acids is 1. The third-order valence-electron chi connectivity index (χ3n) is 4.88. The van der Waals surface area contributed by atoms with E-state index in [4.69, 9.17) is 4.74 Å². The van der Waals surface area contributed by atoms with Crippen LogP contribution in [0.5, 0.6) is 5.75 Å². The van der Waals surface area contributed by atoms with Crippen molar-refractivity contribution < 1.29 is 9.53 Å². The fourth-order valence-corrected chi connectivity index (χ4v) is 3.18. The van der Waals surface area contributed by atoms with Crippen molar-refractivity contribution in [3.63, 3.8) is 0 Å². The lowest BCUT2D eigenvalue weighted by Gasteiger charge is -2.32. The highest BCUT2D eigenvalue weighted by atomic mass is 16.5. The van der Waals surface area contributed by atoms with Crippen molar-refractivity contribution >= 4 is 11.6 Å². The zero-order valence-corrected chi connectivity index (χ0v) is 16.3. The number of likely N-dealkylation sites (N-methyl/N-ethyl adjacent to an activating group) is 1. The molecular formula is C22H29N3O2. The van der Waals surface area contributed by atoms with Gasteiger partial charge in [0.1, 0.15) is 5.75 Å². The summed E-state index contributed by atoms with van der Waals surface area (Å²) < 4.78 is 5.82. The van der Waals surface area contributed by atoms with Gasteiger partial charge in [-0.3, -0.25) is 4.79 Å². The summed E-state index contributed by atoms with van der Waals surface area (Å²) in [5, 5.41) is 2.92. The van der Waals surface area contributed by atoms with E-state index in [9.17, 15) is 4.79 Å². The summed E-state index contributed by atoms with van der Waals surface area (Å²) in [6.45, 7) is 8.35. The van der Waals surface area contributed by atoms with Crippen molar-refractivity contribution in [2.75, 3.05) is 51.7 Å². The first-order chi connectivity index (χ1) is 13.1. The van der Waals surface area contributed by atoms with Crippen LogP contribution in [0.15, 0.2) is 48.5 Å². The molecule has 0 aliphatic carbocycles. The van der Waals surface area contributed by atoms with Gasteiger partial charge in [-0.1, -0.05) is 12.1 Å². The highest BCUT2D eigenvalue weighted by Crippen LogP contribution is 2.15. The summed E-state index contributed by atoms with van der Waals surface area (Å²) in [6.07, 6.45) is 1.01. The first-order valence-electron chi connectivity index (χ1n) is 9.62. The van der Waals surface area contributed by atoms with Gasteiger partial charge in [-0.15, -0.1) is 0 Å². The molecule has 0 saturated carbocycles. The van der Waals surface area contributed by atoms with Crippen LogP contribution in [0.2, 0.25) is 0 Å². The lowest BCUT2D eigenvalue weighted by molar-refractivity contribution is 0.102. The zero-order valence-electron chi connectivity index (χ0n) is 16.3. The number of amides is 1. The Hall–Kier alpha value is -2.37. The number of hydrogen-bond donors (Lipinski definition) is 1. The Kier molecular flexibility index (Phi) is 6.85. The van der Waals surface area contributed by atoms with Crippen LogP contribution in [0, 0.1) is 6.92 Å². The summed E-state index contributed by atoms with van der Waals surface area (Å²) in [7, 11) is 2.17. The quantitative estimate of drug-likeness (QED) is 0.763. The molecule has 1 aliphatic heterocycles. The summed E-state index contributed by atoms with van der Waals surface area (Å²) in [5.74, 6) is 0.697. The van der Waals surface area contributed by atoms with Crippen LogP contribution in [0.3, 0.4) is 0 Å². The van der Waals surface area contributed by atoms with Gasteiger partial charge >= 0.3 is 0 Å². The van der Waals surface area contributed by atoms with E-state index in [1.54, 1.807) is 12.1 Å². The van der Waals surface area contributed by atoms with Crippen molar-refractivity contribution in [2.24, 2.45) is 0 Å². The van der Waals surface area contributed by atoms with Crippen molar-refractivity contribution in [1.82, 2.24) is 9.80 Å². The fraction of sp³-hybridized carbons (Fsp3) is 0.409. The van der Waals surface area contributed by atoms with Crippen molar-refractivity contribution in [1.29, 1.82) is 0 Å². The number of nitrogens with zero attached hydrogens (tertiary/aromatic N) is 2. The third-order valence-corrected chi connectivity index (χ3v) is 4.88. The predicted octanol–water partition coefficient (Wildman–Crippen LogP) is 3.26. The standard InChI is InChI=1S/C22H29N3O2/c1-18-5-3-6-20(17-18)23-22(26)19-7-9-21(10-8-19)27-16-4-11-25-14-12-24(2)13-15-25/h3,5-10,17H,4,11-16H2,1-2H3,(H,23,26). The topological polar surface area (TPSA) is 44.8 Å². The molecule has 0 bridgehead atoms. The number of piperazine rings is 1. The van der Waals surface area contributed by atoms with E-state index in [-0.39, 0.29) is 5.91 Å². The van der Waals surface area contributed by atoms with Crippen LogP contribution in [0.25, 0.3) is 0 Å². The molecule has 0 atom stereocenters. The van der Waals surface area contributed by atoms with E-state index < -0.39 is 0 Å². The van der Waals surface area contributed by atoms with Gasteiger partial charge in [-0.2, -0.15) is 0 Å². The van der Waals surface area contributed by atoms with E-state index in [0.717, 1.165) is 56.1 Å². The lowest BCUT2D eigenvalue weighted by atomic mass is 10.2. The zero-order chi connectivity index (χ0) is 19.1. The van der Waals surface area contributed by atoms with Crippen LogP contribution in [0.1, 0.15) is 22.3 Å². The summed E-state index contributed by atoms with van der Waals surface area (Å²) in [4.78, 5) is 17.2. The molecule has 144 valence electrons. The van der Waals surface area contributed by atoms with Gasteiger partial charge in [0, 0.05) is 44.0 Å². The van der Waals surface area contributed by atoms with Crippen LogP contribution >= 0.6 is 0 Å². The molecule has 1 amide bonds. The second-order valence-corrected chi connectivity index (χ2v) is 7.19. The lowest BCUT2D eigenvalue weighted by Crippen LogP contribution is -2.44. The van der Waals surface area contributed by atoms with Crippen LogP contribution in [0.4, 0.5) is 5.69 Å². The monoisotopic (exact) mass is 367 g/mol. The maximum absolute atomic E-state index is 12.3. The molecule has 5 heteroatoms. The maximum Gasteiger partial charge on any atom is 0.255 e. The Balaban J connectivity index is 1.41. The minimum absolute atomic E-state index is 0.109. The van der Waals surface area contributed by atoms with Crippen LogP contribution < -0.4 is 10.1 Å². The number of rotatable bonds is 7. The smallest absolute Gasteiger partial charge is 0.255 e. The SMILES string of the molecule is Cc1cccc(NC(=O)c2ccc(OCCCN3CCN(C)CC3)cc2)c1. The highest BCUT2D eigenvalue weighted by Gasteiger charge is 2.13. The Morgan fingerprint density at radius 2 is 1.81 bits per heavy atom. The number of ether oxygens (including phenoxy) is 1. The molecule has 1 fully saturated rings. The molecule has 1 heterocycles. The Morgan fingerprint density at radius 3 is 2.52 bits per heavy atom. The fourth-order valence-electron chi connectivity index (χ4n) is 3.18. The molecule has 3 rings (SSSR count). The summed E-state index contributed by atoms with van der Waals surface area (Å²) >= 11 is 0. The van der Waals surface area contributed by atoms with E-state index in [1.165, 1.54) is 0 Å². The first kappa shape index (κ1) is 19.4. The number of nitrogens with one attached hydrogen (secondary N) is 1. The van der Waals surface area contributed by atoms with E-state index >= 15 is 0 Å². The molecule has 2 aromatic rings. The summed E-state index contributed by atoms with van der Waals surface area (Å²) in [6, 6.07) is 15.1. The van der Waals surface area contributed by atoms with Gasteiger partial charge in [-0.05, 0) is 62.4 Å². The maximum atomic E-state index is 12.3. The molecule has 27 heavy (non-hydrogen) atoms. The van der Waals surface area contributed by atoms with Gasteiger partial charge in [0.25, 0.3) is 5.91 Å². The van der Waals surface area contributed by atoms with E-state index in [2.05, 4.69) is 22.2 Å². The Bertz CT molecular complexity index is 737. The van der Waals surface area contributed by atoms with Gasteiger partial charge in [-0.25, -0.2) is 0 Å². The van der Waals surface area contributed by atoms with Crippen molar-refractivity contribution in [3.05, 3.63) is 59.7 Å². The molecule has 0 spiro atoms. The van der Waals surface area contributed by atoms with Gasteiger partial charge in [0.2, 0.25) is 0 Å². The number of carbonyl (C=O) groups is 1. The Morgan fingerprint density at radius 1 is 1.07 bits per heavy atom. The Labute approximate surface area is 161 Å². The molecule has 0 aromatic heterocycles. The van der Waals surface area contributed by atoms with Gasteiger partial charge in [0.15, 0.2) is 0 Å². The second kappa shape index (κ2) is 9.53. The molecule has 0 unspecified atom stereocenters. The molecule has 5 nitrogen and oxygen atoms in total. The molecule has 0 radical (unpaired) electrons. The van der Waals surface area contributed by atoms with Crippen LogP contribution in [-0.2, 0) is 0 Å². The van der Waals surface area contributed by atoms with Crippen LogP contribution in [-0.4, -0.2) is 62.1 Å². The minimum Gasteiger partial charge on any atom is -0.494 e. The largest absolute Gasteiger partial charge is 0.494 e. The highest BCUT2D eigenvalue weighted by molar-refractivity contribution is 6.04. The average Bonchev–Trinajstić information content (AvgIpc) is 2.67. The molecule has 1 aliphatic rings. The third kappa shape index (κ3) is 6.08.